The van der Waals surface area contributed by atoms with Crippen LogP contribution < -0.4 is 5.32 Å². The molecule has 2 aromatic heterocycles. The van der Waals surface area contributed by atoms with Gasteiger partial charge in [0, 0.05) is 16.6 Å². The average Bonchev–Trinajstić information content (AvgIpc) is 3.02. The van der Waals surface area contributed by atoms with Gasteiger partial charge in [-0.2, -0.15) is 0 Å². The van der Waals surface area contributed by atoms with Crippen molar-refractivity contribution in [1.29, 1.82) is 0 Å². The fourth-order valence-electron chi connectivity index (χ4n) is 3.00. The highest BCUT2D eigenvalue weighted by atomic mass is 32.2. The van der Waals surface area contributed by atoms with E-state index in [1.54, 1.807) is 0 Å². The monoisotopic (exact) mass is 377 g/mol. The van der Waals surface area contributed by atoms with Crippen molar-refractivity contribution in [3.8, 4) is 0 Å². The maximum absolute atomic E-state index is 12.6. The standard InChI is InChI=1S/C20H19N5OS/c1-11-7-6-8-12(2)16(11)22-19(26)13(3)27-20-23-18-17(24-25-20)14-9-4-5-10-15(14)21-18/h4-10,13H,1-3H3,(H,22,26)(H,21,23,25)/t13-/m0/s1. The number of nitrogens with one attached hydrogen (secondary N) is 2. The highest BCUT2D eigenvalue weighted by Crippen LogP contribution is 2.26. The third kappa shape index (κ3) is 3.38. The maximum atomic E-state index is 12.6. The Bertz CT molecular complexity index is 1130. The lowest BCUT2D eigenvalue weighted by Gasteiger charge is -2.14. The number of hydrogen-bond acceptors (Lipinski definition) is 5. The minimum Gasteiger partial charge on any atom is -0.338 e. The molecule has 0 aliphatic rings. The first kappa shape index (κ1) is 17.5. The Labute approximate surface area is 160 Å². The summed E-state index contributed by atoms with van der Waals surface area (Å²) in [6.07, 6.45) is 0. The summed E-state index contributed by atoms with van der Waals surface area (Å²) < 4.78 is 0. The smallest absolute Gasteiger partial charge is 0.237 e. The number of benzene rings is 2. The molecule has 0 aliphatic heterocycles. The van der Waals surface area contributed by atoms with Crippen molar-refractivity contribution in [3.63, 3.8) is 0 Å². The molecule has 2 aromatic carbocycles. The van der Waals surface area contributed by atoms with Crippen LogP contribution in [0.25, 0.3) is 22.1 Å². The Kier molecular flexibility index (Phi) is 4.53. The third-order valence-corrected chi connectivity index (χ3v) is 5.43. The summed E-state index contributed by atoms with van der Waals surface area (Å²) in [6.45, 7) is 5.81. The van der Waals surface area contributed by atoms with Gasteiger partial charge in [-0.3, -0.25) is 4.79 Å². The molecule has 0 bridgehead atoms. The van der Waals surface area contributed by atoms with Crippen LogP contribution in [0, 0.1) is 13.8 Å². The molecular weight excluding hydrogens is 358 g/mol. The molecule has 1 atom stereocenters. The van der Waals surface area contributed by atoms with Crippen molar-refractivity contribution in [1.82, 2.24) is 20.2 Å². The van der Waals surface area contributed by atoms with Crippen LogP contribution in [0.4, 0.5) is 5.69 Å². The molecule has 4 aromatic rings. The molecule has 136 valence electrons. The van der Waals surface area contributed by atoms with E-state index in [9.17, 15) is 4.79 Å². The minimum atomic E-state index is -0.354. The first-order valence-electron chi connectivity index (χ1n) is 8.68. The SMILES string of the molecule is Cc1cccc(C)c1NC(=O)[C@H](C)Sc1nnc2c(n1)[nH]c1ccccc12. The lowest BCUT2D eigenvalue weighted by molar-refractivity contribution is -0.115. The normalized spacial score (nSPS) is 12.4. The number of amides is 1. The van der Waals surface area contributed by atoms with E-state index < -0.39 is 0 Å². The second-order valence-corrected chi connectivity index (χ2v) is 7.79. The summed E-state index contributed by atoms with van der Waals surface area (Å²) in [5.74, 6) is -0.0854. The van der Waals surface area contributed by atoms with Gasteiger partial charge in [0.1, 0.15) is 5.52 Å². The van der Waals surface area contributed by atoms with Crippen LogP contribution in [0.5, 0.6) is 0 Å². The van der Waals surface area contributed by atoms with Gasteiger partial charge in [-0.05, 0) is 38.0 Å². The number of carbonyl (C=O) groups excluding carboxylic acids is 1. The van der Waals surface area contributed by atoms with Gasteiger partial charge >= 0.3 is 0 Å². The number of aryl methyl sites for hydroxylation is 2. The number of aromatic nitrogens is 4. The van der Waals surface area contributed by atoms with Crippen molar-refractivity contribution in [2.45, 2.75) is 31.2 Å². The van der Waals surface area contributed by atoms with E-state index in [1.807, 2.05) is 63.2 Å². The lowest BCUT2D eigenvalue weighted by Crippen LogP contribution is -2.23. The highest BCUT2D eigenvalue weighted by Gasteiger charge is 2.19. The van der Waals surface area contributed by atoms with E-state index in [0.717, 1.165) is 33.2 Å². The number of anilines is 1. The van der Waals surface area contributed by atoms with Crippen LogP contribution >= 0.6 is 11.8 Å². The molecule has 2 N–H and O–H groups in total. The summed E-state index contributed by atoms with van der Waals surface area (Å²) in [6, 6.07) is 13.8. The fourth-order valence-corrected chi connectivity index (χ4v) is 3.72. The van der Waals surface area contributed by atoms with Gasteiger partial charge in [-0.1, -0.05) is 48.2 Å². The van der Waals surface area contributed by atoms with E-state index in [4.69, 9.17) is 0 Å². The van der Waals surface area contributed by atoms with E-state index >= 15 is 0 Å². The molecule has 0 radical (unpaired) electrons. The fraction of sp³-hybridized carbons (Fsp3) is 0.200. The molecule has 6 nitrogen and oxygen atoms in total. The maximum Gasteiger partial charge on any atom is 0.237 e. The number of carbonyl (C=O) groups is 1. The largest absolute Gasteiger partial charge is 0.338 e. The predicted octanol–water partition coefficient (Wildman–Crippen LogP) is 4.24. The zero-order chi connectivity index (χ0) is 19.0. The van der Waals surface area contributed by atoms with Crippen LogP contribution in [0.1, 0.15) is 18.1 Å². The number of aromatic amines is 1. The molecule has 2 heterocycles. The van der Waals surface area contributed by atoms with Gasteiger partial charge in [-0.15, -0.1) is 10.2 Å². The molecular formula is C20H19N5OS. The molecule has 0 saturated carbocycles. The van der Waals surface area contributed by atoms with Crippen molar-refractivity contribution in [3.05, 3.63) is 53.6 Å². The molecule has 0 saturated heterocycles. The number of para-hydroxylation sites is 2. The minimum absolute atomic E-state index is 0.0854. The first-order chi connectivity index (χ1) is 13.0. The molecule has 0 fully saturated rings. The topological polar surface area (TPSA) is 83.6 Å². The van der Waals surface area contributed by atoms with E-state index in [1.165, 1.54) is 11.8 Å². The van der Waals surface area contributed by atoms with Crippen molar-refractivity contribution < 1.29 is 4.79 Å². The molecule has 1 amide bonds. The predicted molar refractivity (Wildman–Crippen MR) is 109 cm³/mol. The van der Waals surface area contributed by atoms with Gasteiger partial charge < -0.3 is 10.3 Å². The Hall–Kier alpha value is -2.93. The van der Waals surface area contributed by atoms with Crippen molar-refractivity contribution in [2.24, 2.45) is 0 Å². The van der Waals surface area contributed by atoms with Crippen LogP contribution in [0.2, 0.25) is 0 Å². The van der Waals surface area contributed by atoms with Gasteiger partial charge in [0.15, 0.2) is 5.65 Å². The summed E-state index contributed by atoms with van der Waals surface area (Å²) in [4.78, 5) is 20.4. The number of nitrogens with zero attached hydrogens (tertiary/aromatic N) is 3. The number of H-pyrrole nitrogens is 1. The Morgan fingerprint density at radius 1 is 1.07 bits per heavy atom. The van der Waals surface area contributed by atoms with E-state index in [0.29, 0.717) is 10.8 Å². The van der Waals surface area contributed by atoms with E-state index in [-0.39, 0.29) is 11.2 Å². The molecule has 0 unspecified atom stereocenters. The van der Waals surface area contributed by atoms with Crippen molar-refractivity contribution >= 4 is 45.4 Å². The number of hydrogen-bond donors (Lipinski definition) is 2. The molecule has 0 aliphatic carbocycles. The Morgan fingerprint density at radius 3 is 2.59 bits per heavy atom. The Balaban J connectivity index is 1.54. The molecule has 27 heavy (non-hydrogen) atoms. The quantitative estimate of drug-likeness (QED) is 0.520. The third-order valence-electron chi connectivity index (χ3n) is 4.48. The van der Waals surface area contributed by atoms with Gasteiger partial charge in [0.05, 0.1) is 5.25 Å². The van der Waals surface area contributed by atoms with Gasteiger partial charge in [0.25, 0.3) is 0 Å². The average molecular weight is 377 g/mol. The highest BCUT2D eigenvalue weighted by molar-refractivity contribution is 8.00. The number of fused-ring (bicyclic) bond motifs is 3. The second kappa shape index (κ2) is 7.00. The first-order valence-corrected chi connectivity index (χ1v) is 9.56. The molecule has 4 rings (SSSR count). The number of rotatable bonds is 4. The lowest BCUT2D eigenvalue weighted by atomic mass is 10.1. The second-order valence-electron chi connectivity index (χ2n) is 6.48. The zero-order valence-electron chi connectivity index (χ0n) is 15.3. The Morgan fingerprint density at radius 2 is 1.81 bits per heavy atom. The summed E-state index contributed by atoms with van der Waals surface area (Å²) in [5.41, 5.74) is 5.33. The van der Waals surface area contributed by atoms with Crippen molar-refractivity contribution in [2.75, 3.05) is 5.32 Å². The summed E-state index contributed by atoms with van der Waals surface area (Å²) in [7, 11) is 0. The molecule has 0 spiro atoms. The van der Waals surface area contributed by atoms with E-state index in [2.05, 4.69) is 25.5 Å². The number of thioether (sulfide) groups is 1. The van der Waals surface area contributed by atoms with Gasteiger partial charge in [0.2, 0.25) is 11.1 Å². The summed E-state index contributed by atoms with van der Waals surface area (Å²) in [5, 5.41) is 12.6. The van der Waals surface area contributed by atoms with Crippen LogP contribution in [0.15, 0.2) is 47.6 Å². The van der Waals surface area contributed by atoms with Gasteiger partial charge in [-0.25, -0.2) is 4.98 Å². The van der Waals surface area contributed by atoms with Crippen LogP contribution in [0.3, 0.4) is 0 Å². The van der Waals surface area contributed by atoms with Crippen LogP contribution in [-0.4, -0.2) is 31.3 Å². The summed E-state index contributed by atoms with van der Waals surface area (Å²) >= 11 is 1.29. The molecule has 7 heteroatoms. The zero-order valence-corrected chi connectivity index (χ0v) is 16.1. The van der Waals surface area contributed by atoms with Crippen LogP contribution in [-0.2, 0) is 4.79 Å².